The van der Waals surface area contributed by atoms with Gasteiger partial charge in [0.2, 0.25) is 5.89 Å². The normalized spacial score (nSPS) is 10.2. The highest BCUT2D eigenvalue weighted by atomic mass is 32.2. The molecule has 0 unspecified atom stereocenters. The second-order valence-electron chi connectivity index (χ2n) is 3.95. The third-order valence-electron chi connectivity index (χ3n) is 2.39. The van der Waals surface area contributed by atoms with E-state index in [1.165, 1.54) is 23.9 Å². The smallest absolute Gasteiger partial charge is 0.276 e. The van der Waals surface area contributed by atoms with E-state index in [9.17, 15) is 4.39 Å². The highest BCUT2D eigenvalue weighted by Crippen LogP contribution is 2.23. The van der Waals surface area contributed by atoms with Crippen LogP contribution in [0.2, 0.25) is 0 Å². The molecular weight excluding hydrogens is 279 g/mol. The van der Waals surface area contributed by atoms with Crippen molar-refractivity contribution in [3.63, 3.8) is 0 Å². The summed E-state index contributed by atoms with van der Waals surface area (Å²) in [5.74, 6) is 6.40. The Bertz CT molecular complexity index is 646. The number of aryl methyl sites for hydroxylation is 1. The minimum absolute atomic E-state index is 0.00629. The van der Waals surface area contributed by atoms with Crippen LogP contribution in [0.3, 0.4) is 0 Å². The summed E-state index contributed by atoms with van der Waals surface area (Å²) in [5.41, 5.74) is 1.50. The lowest BCUT2D eigenvalue weighted by Gasteiger charge is -2.02. The van der Waals surface area contributed by atoms with Crippen molar-refractivity contribution < 1.29 is 13.9 Å². The summed E-state index contributed by atoms with van der Waals surface area (Å²) in [5, 5.41) is 16.8. The SMILES string of the molecule is Cc1nnc(SCc2ccc(F)cc2C#CCCO)o1. The fourth-order valence-electron chi connectivity index (χ4n) is 1.48. The molecule has 0 amide bonds. The topological polar surface area (TPSA) is 59.2 Å². The van der Waals surface area contributed by atoms with Gasteiger partial charge >= 0.3 is 0 Å². The van der Waals surface area contributed by atoms with E-state index < -0.39 is 0 Å². The quantitative estimate of drug-likeness (QED) is 0.693. The average molecular weight is 292 g/mol. The van der Waals surface area contributed by atoms with Crippen LogP contribution in [0.4, 0.5) is 4.39 Å². The Balaban J connectivity index is 2.12. The fraction of sp³-hybridized carbons (Fsp3) is 0.286. The van der Waals surface area contributed by atoms with Crippen molar-refractivity contribution in [2.75, 3.05) is 6.61 Å². The Morgan fingerprint density at radius 3 is 2.95 bits per heavy atom. The number of aliphatic hydroxyl groups is 1. The molecule has 1 aromatic heterocycles. The van der Waals surface area contributed by atoms with Gasteiger partial charge in [-0.15, -0.1) is 10.2 Å². The summed E-state index contributed by atoms with van der Waals surface area (Å²) in [6, 6.07) is 4.47. The Morgan fingerprint density at radius 2 is 2.25 bits per heavy atom. The maximum atomic E-state index is 13.3. The molecule has 104 valence electrons. The van der Waals surface area contributed by atoms with Gasteiger partial charge in [0.25, 0.3) is 5.22 Å². The van der Waals surface area contributed by atoms with Gasteiger partial charge in [-0.3, -0.25) is 0 Å². The summed E-state index contributed by atoms with van der Waals surface area (Å²) in [7, 11) is 0. The van der Waals surface area contributed by atoms with E-state index in [0.29, 0.717) is 28.9 Å². The van der Waals surface area contributed by atoms with Crippen LogP contribution in [-0.4, -0.2) is 21.9 Å². The third-order valence-corrected chi connectivity index (χ3v) is 3.26. The van der Waals surface area contributed by atoms with Gasteiger partial charge in [-0.05, 0) is 17.7 Å². The summed E-state index contributed by atoms with van der Waals surface area (Å²) in [6.45, 7) is 1.72. The zero-order chi connectivity index (χ0) is 14.4. The Morgan fingerprint density at radius 1 is 1.40 bits per heavy atom. The van der Waals surface area contributed by atoms with Crippen molar-refractivity contribution >= 4 is 11.8 Å². The van der Waals surface area contributed by atoms with Gasteiger partial charge in [0.15, 0.2) is 0 Å². The Labute approximate surface area is 120 Å². The molecule has 1 heterocycles. The van der Waals surface area contributed by atoms with Gasteiger partial charge in [0.05, 0.1) is 6.61 Å². The van der Waals surface area contributed by atoms with E-state index in [1.807, 2.05) is 0 Å². The first-order valence-corrected chi connectivity index (χ1v) is 6.98. The first-order valence-electron chi connectivity index (χ1n) is 6.00. The maximum absolute atomic E-state index is 13.3. The fourth-order valence-corrected chi connectivity index (χ4v) is 2.29. The highest BCUT2D eigenvalue weighted by Gasteiger charge is 2.07. The van der Waals surface area contributed by atoms with Crippen LogP contribution in [0.25, 0.3) is 0 Å². The number of hydrogen-bond acceptors (Lipinski definition) is 5. The van der Waals surface area contributed by atoms with E-state index >= 15 is 0 Å². The minimum Gasteiger partial charge on any atom is -0.416 e. The lowest BCUT2D eigenvalue weighted by Crippen LogP contribution is -1.90. The maximum Gasteiger partial charge on any atom is 0.276 e. The summed E-state index contributed by atoms with van der Waals surface area (Å²) >= 11 is 1.37. The number of aliphatic hydroxyl groups excluding tert-OH is 1. The molecule has 0 spiro atoms. The molecule has 4 nitrogen and oxygen atoms in total. The van der Waals surface area contributed by atoms with E-state index in [2.05, 4.69) is 22.0 Å². The van der Waals surface area contributed by atoms with Crippen molar-refractivity contribution in [3.05, 3.63) is 41.0 Å². The predicted octanol–water partition coefficient (Wildman–Crippen LogP) is 2.54. The molecule has 2 aromatic rings. The van der Waals surface area contributed by atoms with E-state index in [4.69, 9.17) is 9.52 Å². The van der Waals surface area contributed by atoms with Gasteiger partial charge in [-0.25, -0.2) is 4.39 Å². The van der Waals surface area contributed by atoms with Gasteiger partial charge in [-0.2, -0.15) is 0 Å². The van der Waals surface area contributed by atoms with Gasteiger partial charge in [-0.1, -0.05) is 29.7 Å². The van der Waals surface area contributed by atoms with Crippen molar-refractivity contribution in [3.8, 4) is 11.8 Å². The molecule has 1 aromatic carbocycles. The molecule has 0 bridgehead atoms. The molecule has 0 aliphatic rings. The van der Waals surface area contributed by atoms with Crippen LogP contribution in [-0.2, 0) is 5.75 Å². The number of thioether (sulfide) groups is 1. The lowest BCUT2D eigenvalue weighted by atomic mass is 10.1. The number of hydrogen-bond donors (Lipinski definition) is 1. The van der Waals surface area contributed by atoms with Gasteiger partial charge < -0.3 is 9.52 Å². The number of halogens is 1. The first kappa shape index (κ1) is 14.6. The average Bonchev–Trinajstić information content (AvgIpc) is 2.84. The predicted molar refractivity (Wildman–Crippen MR) is 73.6 cm³/mol. The molecule has 0 radical (unpaired) electrons. The number of benzene rings is 1. The van der Waals surface area contributed by atoms with Gasteiger partial charge in [0.1, 0.15) is 5.82 Å². The van der Waals surface area contributed by atoms with Crippen LogP contribution >= 0.6 is 11.8 Å². The Hall–Kier alpha value is -1.84. The van der Waals surface area contributed by atoms with Crippen LogP contribution < -0.4 is 0 Å². The highest BCUT2D eigenvalue weighted by molar-refractivity contribution is 7.98. The number of rotatable bonds is 4. The van der Waals surface area contributed by atoms with Crippen LogP contribution in [0.5, 0.6) is 0 Å². The Kier molecular flexibility index (Phi) is 5.16. The van der Waals surface area contributed by atoms with Crippen LogP contribution in [0, 0.1) is 24.6 Å². The molecule has 20 heavy (non-hydrogen) atoms. The van der Waals surface area contributed by atoms with Crippen molar-refractivity contribution in [2.24, 2.45) is 0 Å². The molecule has 0 atom stereocenters. The van der Waals surface area contributed by atoms with Crippen LogP contribution in [0.15, 0.2) is 27.8 Å². The van der Waals surface area contributed by atoms with Crippen molar-refractivity contribution in [1.29, 1.82) is 0 Å². The zero-order valence-electron chi connectivity index (χ0n) is 10.9. The van der Waals surface area contributed by atoms with E-state index in [0.717, 1.165) is 5.56 Å². The minimum atomic E-state index is -0.333. The van der Waals surface area contributed by atoms with E-state index in [-0.39, 0.29) is 12.4 Å². The molecule has 0 saturated heterocycles. The molecule has 0 saturated carbocycles. The number of aromatic nitrogens is 2. The molecule has 0 aliphatic heterocycles. The monoisotopic (exact) mass is 292 g/mol. The van der Waals surface area contributed by atoms with Crippen molar-refractivity contribution in [1.82, 2.24) is 10.2 Å². The second-order valence-corrected chi connectivity index (χ2v) is 4.88. The first-order chi connectivity index (χ1) is 9.69. The summed E-state index contributed by atoms with van der Waals surface area (Å²) < 4.78 is 18.5. The molecular formula is C14H13FN2O2S. The second kappa shape index (κ2) is 7.08. The molecule has 0 fully saturated rings. The molecule has 2 rings (SSSR count). The lowest BCUT2D eigenvalue weighted by molar-refractivity contribution is 0.305. The molecule has 6 heteroatoms. The third kappa shape index (κ3) is 4.08. The van der Waals surface area contributed by atoms with Crippen LogP contribution in [0.1, 0.15) is 23.4 Å². The largest absolute Gasteiger partial charge is 0.416 e. The number of nitrogens with zero attached hydrogens (tertiary/aromatic N) is 2. The summed E-state index contributed by atoms with van der Waals surface area (Å²) in [4.78, 5) is 0. The van der Waals surface area contributed by atoms with Crippen molar-refractivity contribution in [2.45, 2.75) is 24.3 Å². The summed E-state index contributed by atoms with van der Waals surface area (Å²) in [6.07, 6.45) is 0.367. The standard InChI is InChI=1S/C14H13FN2O2S/c1-10-16-17-14(19-10)20-9-12-5-6-13(15)8-11(12)4-2-3-7-18/h5-6,8,18H,3,7,9H2,1H3. The van der Waals surface area contributed by atoms with E-state index in [1.54, 1.807) is 13.0 Å². The van der Waals surface area contributed by atoms with Gasteiger partial charge in [0, 0.05) is 24.7 Å². The molecule has 1 N–H and O–H groups in total. The zero-order valence-corrected chi connectivity index (χ0v) is 11.7. The molecule has 0 aliphatic carbocycles.